The highest BCUT2D eigenvalue weighted by Gasteiger charge is 2.33. The molecule has 82 valence electrons. The summed E-state index contributed by atoms with van der Waals surface area (Å²) < 4.78 is 0. The van der Waals surface area contributed by atoms with Crippen LogP contribution in [-0.2, 0) is 11.8 Å². The molecule has 2 rings (SSSR count). The number of aryl methyl sites for hydroxylation is 1. The lowest BCUT2D eigenvalue weighted by atomic mass is 9.68. The molecule has 0 aromatic heterocycles. The number of rotatable bonds is 3. The summed E-state index contributed by atoms with van der Waals surface area (Å²) in [5.41, 5.74) is 3.55. The van der Waals surface area contributed by atoms with E-state index < -0.39 is 0 Å². The van der Waals surface area contributed by atoms with E-state index in [1.807, 2.05) is 0 Å². The molecular weight excluding hydrogens is 182 g/mol. The Labute approximate surface area is 92.9 Å². The summed E-state index contributed by atoms with van der Waals surface area (Å²) in [6, 6.07) is 8.98. The molecule has 0 amide bonds. The van der Waals surface area contributed by atoms with Crippen molar-refractivity contribution in [1.82, 2.24) is 5.32 Å². The number of nitrogens with one attached hydrogen (secondary N) is 1. The van der Waals surface area contributed by atoms with Crippen LogP contribution in [0, 0.1) is 0 Å². The van der Waals surface area contributed by atoms with E-state index in [0.717, 1.165) is 6.54 Å². The van der Waals surface area contributed by atoms with E-state index in [9.17, 15) is 0 Å². The molecule has 1 atom stereocenters. The van der Waals surface area contributed by atoms with Crippen LogP contribution in [-0.4, -0.2) is 13.6 Å². The van der Waals surface area contributed by atoms with Gasteiger partial charge in [-0.15, -0.1) is 0 Å². The van der Waals surface area contributed by atoms with Crippen molar-refractivity contribution in [2.24, 2.45) is 0 Å². The largest absolute Gasteiger partial charge is 0.319 e. The first-order valence-electron chi connectivity index (χ1n) is 6.05. The van der Waals surface area contributed by atoms with Crippen molar-refractivity contribution < 1.29 is 0 Å². The minimum Gasteiger partial charge on any atom is -0.319 e. The molecule has 1 nitrogen and oxygen atoms in total. The molecule has 0 bridgehead atoms. The molecule has 15 heavy (non-hydrogen) atoms. The van der Waals surface area contributed by atoms with Gasteiger partial charge < -0.3 is 5.32 Å². The molecule has 0 aliphatic heterocycles. The topological polar surface area (TPSA) is 12.0 Å². The average molecular weight is 203 g/mol. The Morgan fingerprint density at radius 3 is 2.87 bits per heavy atom. The van der Waals surface area contributed by atoms with Gasteiger partial charge in [-0.2, -0.15) is 0 Å². The second-order valence-corrected chi connectivity index (χ2v) is 4.67. The highest BCUT2D eigenvalue weighted by atomic mass is 14.8. The summed E-state index contributed by atoms with van der Waals surface area (Å²) in [5, 5.41) is 3.37. The molecule has 1 aliphatic carbocycles. The van der Waals surface area contributed by atoms with Crippen molar-refractivity contribution in [3.63, 3.8) is 0 Å². The van der Waals surface area contributed by atoms with Gasteiger partial charge in [-0.25, -0.2) is 0 Å². The number of hydrogen-bond acceptors (Lipinski definition) is 1. The summed E-state index contributed by atoms with van der Waals surface area (Å²) in [5.74, 6) is 0. The molecule has 0 heterocycles. The molecule has 0 saturated carbocycles. The third-order valence-corrected chi connectivity index (χ3v) is 3.88. The second-order valence-electron chi connectivity index (χ2n) is 4.67. The molecule has 1 aromatic carbocycles. The Morgan fingerprint density at radius 1 is 1.33 bits per heavy atom. The highest BCUT2D eigenvalue weighted by molar-refractivity contribution is 5.37. The summed E-state index contributed by atoms with van der Waals surface area (Å²) in [6.45, 7) is 3.43. The van der Waals surface area contributed by atoms with Crippen LogP contribution in [0.3, 0.4) is 0 Å². The monoisotopic (exact) mass is 203 g/mol. The molecule has 0 fully saturated rings. The molecule has 1 aromatic rings. The molecule has 0 spiro atoms. The van der Waals surface area contributed by atoms with E-state index in [2.05, 4.69) is 43.6 Å². The van der Waals surface area contributed by atoms with E-state index in [1.165, 1.54) is 25.7 Å². The van der Waals surface area contributed by atoms with E-state index >= 15 is 0 Å². The molecule has 1 heteroatoms. The molecular formula is C14H21N. The summed E-state index contributed by atoms with van der Waals surface area (Å²) >= 11 is 0. The van der Waals surface area contributed by atoms with Gasteiger partial charge in [-0.05, 0) is 43.9 Å². The fraction of sp³-hybridized carbons (Fsp3) is 0.571. The van der Waals surface area contributed by atoms with Crippen LogP contribution >= 0.6 is 0 Å². The first-order chi connectivity index (χ1) is 7.32. The number of likely N-dealkylation sites (N-methyl/N-ethyl adjacent to an activating group) is 1. The van der Waals surface area contributed by atoms with Crippen LogP contribution in [0.4, 0.5) is 0 Å². The van der Waals surface area contributed by atoms with Gasteiger partial charge in [-0.3, -0.25) is 0 Å². The molecule has 1 unspecified atom stereocenters. The van der Waals surface area contributed by atoms with Crippen LogP contribution in [0.1, 0.15) is 37.3 Å². The highest BCUT2D eigenvalue weighted by Crippen LogP contribution is 2.39. The van der Waals surface area contributed by atoms with E-state index in [1.54, 1.807) is 11.1 Å². The number of benzene rings is 1. The summed E-state index contributed by atoms with van der Waals surface area (Å²) in [7, 11) is 2.06. The van der Waals surface area contributed by atoms with Crippen molar-refractivity contribution in [2.45, 2.75) is 38.0 Å². The number of fused-ring (bicyclic) bond motifs is 1. The molecule has 1 N–H and O–H groups in total. The van der Waals surface area contributed by atoms with Crippen molar-refractivity contribution in [2.75, 3.05) is 13.6 Å². The third-order valence-electron chi connectivity index (χ3n) is 3.88. The Bertz CT molecular complexity index is 332. The summed E-state index contributed by atoms with van der Waals surface area (Å²) in [4.78, 5) is 0. The zero-order chi connectivity index (χ0) is 10.7. The summed E-state index contributed by atoms with van der Waals surface area (Å²) in [6.07, 6.45) is 5.18. The van der Waals surface area contributed by atoms with Crippen LogP contribution in [0.5, 0.6) is 0 Å². The predicted octanol–water partition coefficient (Wildman–Crippen LogP) is 2.89. The molecule has 0 saturated heterocycles. The lowest BCUT2D eigenvalue weighted by Crippen LogP contribution is -2.39. The maximum atomic E-state index is 3.37. The normalized spacial score (nSPS) is 24.9. The van der Waals surface area contributed by atoms with Gasteiger partial charge in [0.05, 0.1) is 0 Å². The molecule has 1 aliphatic rings. The van der Waals surface area contributed by atoms with Crippen molar-refractivity contribution >= 4 is 0 Å². The Morgan fingerprint density at radius 2 is 2.13 bits per heavy atom. The Balaban J connectivity index is 2.42. The fourth-order valence-electron chi connectivity index (χ4n) is 3.02. The van der Waals surface area contributed by atoms with Crippen LogP contribution in [0.25, 0.3) is 0 Å². The van der Waals surface area contributed by atoms with Gasteiger partial charge in [-0.1, -0.05) is 31.2 Å². The van der Waals surface area contributed by atoms with Crippen molar-refractivity contribution in [3.05, 3.63) is 35.4 Å². The zero-order valence-electron chi connectivity index (χ0n) is 9.84. The minimum absolute atomic E-state index is 0.392. The lowest BCUT2D eigenvalue weighted by molar-refractivity contribution is 0.336. The number of hydrogen-bond donors (Lipinski definition) is 1. The zero-order valence-corrected chi connectivity index (χ0v) is 9.84. The van der Waals surface area contributed by atoms with Crippen LogP contribution < -0.4 is 5.32 Å². The quantitative estimate of drug-likeness (QED) is 0.796. The fourth-order valence-corrected chi connectivity index (χ4v) is 3.02. The molecule has 0 radical (unpaired) electrons. The average Bonchev–Trinajstić information content (AvgIpc) is 2.30. The van der Waals surface area contributed by atoms with Gasteiger partial charge in [0.1, 0.15) is 0 Å². The Hall–Kier alpha value is -0.820. The second kappa shape index (κ2) is 4.36. The standard InChI is InChI=1S/C14H21N/c1-3-14(11-15-2)10-6-8-12-7-4-5-9-13(12)14/h4-5,7,9,15H,3,6,8,10-11H2,1-2H3. The SMILES string of the molecule is CCC1(CNC)CCCc2ccccc21. The van der Waals surface area contributed by atoms with E-state index in [-0.39, 0.29) is 0 Å². The maximum absolute atomic E-state index is 3.37. The Kier molecular flexibility index (Phi) is 3.11. The first kappa shape index (κ1) is 10.7. The third kappa shape index (κ3) is 1.81. The van der Waals surface area contributed by atoms with Gasteiger partial charge in [0.15, 0.2) is 0 Å². The maximum Gasteiger partial charge on any atom is 0.00778 e. The first-order valence-corrected chi connectivity index (χ1v) is 6.05. The lowest BCUT2D eigenvalue weighted by Gasteiger charge is -2.38. The van der Waals surface area contributed by atoms with E-state index in [4.69, 9.17) is 0 Å². The van der Waals surface area contributed by atoms with Crippen LogP contribution in [0.2, 0.25) is 0 Å². The van der Waals surface area contributed by atoms with Gasteiger partial charge in [0.25, 0.3) is 0 Å². The van der Waals surface area contributed by atoms with Gasteiger partial charge in [0, 0.05) is 12.0 Å². The predicted molar refractivity (Wildman–Crippen MR) is 65.3 cm³/mol. The van der Waals surface area contributed by atoms with Crippen molar-refractivity contribution in [3.8, 4) is 0 Å². The van der Waals surface area contributed by atoms with Crippen molar-refractivity contribution in [1.29, 1.82) is 0 Å². The van der Waals surface area contributed by atoms with E-state index in [0.29, 0.717) is 5.41 Å². The van der Waals surface area contributed by atoms with Gasteiger partial charge in [0.2, 0.25) is 0 Å². The van der Waals surface area contributed by atoms with Gasteiger partial charge >= 0.3 is 0 Å². The minimum atomic E-state index is 0.392. The van der Waals surface area contributed by atoms with Crippen LogP contribution in [0.15, 0.2) is 24.3 Å². The smallest absolute Gasteiger partial charge is 0.00778 e.